The van der Waals surface area contributed by atoms with Crippen molar-refractivity contribution in [2.75, 3.05) is 44.2 Å². The fraction of sp³-hybridized carbons (Fsp3) is 0.484. The number of benzene rings is 1. The second kappa shape index (κ2) is 12.3. The number of nitrogens with one attached hydrogen (secondary N) is 1. The fourth-order valence-corrected chi connectivity index (χ4v) is 8.61. The van der Waals surface area contributed by atoms with E-state index in [1.54, 1.807) is 30.6 Å². The maximum atomic E-state index is 14.4. The third-order valence-electron chi connectivity index (χ3n) is 8.94. The SMILES string of the molecule is O=C1NCCCCCCN(S(=O)(=O)c2cccc3cccnc23)[C@H]2C[C@H](C(=O)N3CCN(c4ccccn4)CC3)C[C@@H]12. The van der Waals surface area contributed by atoms with Crippen LogP contribution in [0.3, 0.4) is 0 Å². The van der Waals surface area contributed by atoms with Crippen LogP contribution >= 0.6 is 0 Å². The Balaban J connectivity index is 1.27. The lowest BCUT2D eigenvalue weighted by Gasteiger charge is -2.36. The number of para-hydroxylation sites is 1. The van der Waals surface area contributed by atoms with Gasteiger partial charge in [-0.25, -0.2) is 13.4 Å². The van der Waals surface area contributed by atoms with E-state index in [4.69, 9.17) is 0 Å². The van der Waals surface area contributed by atoms with Crippen molar-refractivity contribution in [3.8, 4) is 0 Å². The average Bonchev–Trinajstić information content (AvgIpc) is 3.46. The lowest BCUT2D eigenvalue weighted by atomic mass is 10.0. The molecule has 11 heteroatoms. The molecule has 6 rings (SSSR count). The van der Waals surface area contributed by atoms with Crippen LogP contribution in [0.2, 0.25) is 0 Å². The number of sulfonamides is 1. The smallest absolute Gasteiger partial charge is 0.245 e. The van der Waals surface area contributed by atoms with Gasteiger partial charge in [0.25, 0.3) is 0 Å². The minimum atomic E-state index is -4.01. The molecule has 1 saturated carbocycles. The van der Waals surface area contributed by atoms with Crippen LogP contribution in [0.4, 0.5) is 5.82 Å². The number of rotatable bonds is 4. The number of carbonyl (C=O) groups excluding carboxylic acids is 2. The average molecular weight is 591 g/mol. The molecule has 222 valence electrons. The Hall–Kier alpha value is -3.57. The number of carbonyl (C=O) groups is 2. The van der Waals surface area contributed by atoms with E-state index in [1.807, 2.05) is 35.2 Å². The van der Waals surface area contributed by atoms with Crippen LogP contribution < -0.4 is 10.2 Å². The van der Waals surface area contributed by atoms with E-state index in [0.717, 1.165) is 30.5 Å². The van der Waals surface area contributed by atoms with E-state index in [9.17, 15) is 18.0 Å². The lowest BCUT2D eigenvalue weighted by molar-refractivity contribution is -0.135. The number of fused-ring (bicyclic) bond motifs is 2. The lowest BCUT2D eigenvalue weighted by Crippen LogP contribution is -2.50. The van der Waals surface area contributed by atoms with Crippen LogP contribution in [0.5, 0.6) is 0 Å². The molecule has 42 heavy (non-hydrogen) atoms. The molecule has 4 heterocycles. The third kappa shape index (κ3) is 5.72. The fourth-order valence-electron chi connectivity index (χ4n) is 6.74. The molecule has 2 aromatic heterocycles. The summed E-state index contributed by atoms with van der Waals surface area (Å²) in [5.41, 5.74) is 0.423. The normalized spacial score (nSPS) is 24.6. The van der Waals surface area contributed by atoms with Gasteiger partial charge in [-0.15, -0.1) is 0 Å². The zero-order chi connectivity index (χ0) is 29.1. The van der Waals surface area contributed by atoms with E-state index in [2.05, 4.69) is 20.2 Å². The molecule has 3 aliphatic rings. The second-order valence-electron chi connectivity index (χ2n) is 11.5. The van der Waals surface area contributed by atoms with E-state index >= 15 is 0 Å². The minimum Gasteiger partial charge on any atom is -0.356 e. The Morgan fingerprint density at radius 2 is 1.62 bits per heavy atom. The molecule has 1 aromatic carbocycles. The van der Waals surface area contributed by atoms with Gasteiger partial charge < -0.3 is 15.1 Å². The van der Waals surface area contributed by atoms with Gasteiger partial charge in [0.2, 0.25) is 21.8 Å². The van der Waals surface area contributed by atoms with Gasteiger partial charge in [-0.05, 0) is 49.9 Å². The van der Waals surface area contributed by atoms with Gasteiger partial charge >= 0.3 is 0 Å². The van der Waals surface area contributed by atoms with Gasteiger partial charge in [0.05, 0.1) is 11.4 Å². The summed E-state index contributed by atoms with van der Waals surface area (Å²) in [6, 6.07) is 14.0. The van der Waals surface area contributed by atoms with E-state index in [0.29, 0.717) is 64.0 Å². The summed E-state index contributed by atoms with van der Waals surface area (Å²) in [4.78, 5) is 40.4. The van der Waals surface area contributed by atoms with Crippen LogP contribution in [0.15, 0.2) is 65.8 Å². The maximum Gasteiger partial charge on any atom is 0.245 e. The number of hydrogen-bond donors (Lipinski definition) is 1. The highest BCUT2D eigenvalue weighted by Gasteiger charge is 2.48. The van der Waals surface area contributed by atoms with Gasteiger partial charge in [0.15, 0.2) is 0 Å². The Labute approximate surface area is 247 Å². The first kappa shape index (κ1) is 28.5. The Morgan fingerprint density at radius 1 is 0.833 bits per heavy atom. The molecule has 0 bridgehead atoms. The number of amides is 2. The van der Waals surface area contributed by atoms with Crippen molar-refractivity contribution in [1.82, 2.24) is 24.5 Å². The molecule has 1 aliphatic carbocycles. The quantitative estimate of drug-likeness (QED) is 0.497. The van der Waals surface area contributed by atoms with Crippen molar-refractivity contribution in [3.05, 3.63) is 60.9 Å². The van der Waals surface area contributed by atoms with E-state index in [-0.39, 0.29) is 16.7 Å². The number of piperazine rings is 1. The number of hydrogen-bond acceptors (Lipinski definition) is 7. The minimum absolute atomic E-state index is 0.00670. The first-order valence-corrected chi connectivity index (χ1v) is 16.5. The van der Waals surface area contributed by atoms with Crippen molar-refractivity contribution in [2.24, 2.45) is 11.8 Å². The van der Waals surface area contributed by atoms with Gasteiger partial charge in [0, 0.05) is 69.0 Å². The number of pyridine rings is 2. The molecule has 0 spiro atoms. The van der Waals surface area contributed by atoms with Crippen molar-refractivity contribution in [1.29, 1.82) is 0 Å². The maximum absolute atomic E-state index is 14.4. The first-order valence-electron chi connectivity index (χ1n) is 15.0. The molecule has 0 radical (unpaired) electrons. The largest absolute Gasteiger partial charge is 0.356 e. The first-order chi connectivity index (χ1) is 20.4. The van der Waals surface area contributed by atoms with Crippen molar-refractivity contribution < 1.29 is 18.0 Å². The summed E-state index contributed by atoms with van der Waals surface area (Å²) in [6.07, 6.45) is 7.38. The van der Waals surface area contributed by atoms with Gasteiger partial charge in [-0.3, -0.25) is 14.6 Å². The summed E-state index contributed by atoms with van der Waals surface area (Å²) in [5, 5.41) is 3.79. The van der Waals surface area contributed by atoms with Gasteiger partial charge in [-0.1, -0.05) is 37.1 Å². The predicted octanol–water partition coefficient (Wildman–Crippen LogP) is 3.05. The van der Waals surface area contributed by atoms with Crippen molar-refractivity contribution in [2.45, 2.75) is 49.5 Å². The van der Waals surface area contributed by atoms with Crippen LogP contribution in [0.1, 0.15) is 38.5 Å². The molecule has 3 aromatic rings. The van der Waals surface area contributed by atoms with Gasteiger partial charge in [0.1, 0.15) is 10.7 Å². The van der Waals surface area contributed by atoms with E-state index in [1.165, 1.54) is 4.31 Å². The highest BCUT2D eigenvalue weighted by atomic mass is 32.2. The number of anilines is 1. The molecular weight excluding hydrogens is 552 g/mol. The van der Waals surface area contributed by atoms with Crippen LogP contribution in [-0.2, 0) is 19.6 Å². The van der Waals surface area contributed by atoms with E-state index < -0.39 is 27.9 Å². The standard InChI is InChI=1S/C31H38N6O4S/c38-30-25-21-24(31(39)36-19-17-35(18-20-36)28-12-3-5-13-32-28)22-26(25)37(16-6-2-1-4-14-34-30)42(40,41)27-11-7-9-23-10-8-15-33-29(23)27/h3,5,7-13,15,24-26H,1-2,4,6,14,16-22H2,(H,34,38)/t24-,25-,26+/m1/s1. The molecule has 0 unspecified atom stereocenters. The molecule has 2 aliphatic heterocycles. The summed E-state index contributed by atoms with van der Waals surface area (Å²) in [7, 11) is -4.01. The molecule has 3 atom stereocenters. The molecule has 3 fully saturated rings. The molecule has 2 saturated heterocycles. The summed E-state index contributed by atoms with van der Waals surface area (Å²) in [6.45, 7) is 3.36. The number of aromatic nitrogens is 2. The third-order valence-corrected chi connectivity index (χ3v) is 10.9. The molecule has 10 nitrogen and oxygen atoms in total. The topological polar surface area (TPSA) is 116 Å². The van der Waals surface area contributed by atoms with Gasteiger partial charge in [-0.2, -0.15) is 4.31 Å². The Morgan fingerprint density at radius 3 is 2.43 bits per heavy atom. The summed E-state index contributed by atoms with van der Waals surface area (Å²) < 4.78 is 30.3. The van der Waals surface area contributed by atoms with Crippen LogP contribution in [0.25, 0.3) is 10.9 Å². The molecule has 1 N–H and O–H groups in total. The van der Waals surface area contributed by atoms with Crippen LogP contribution in [-0.4, -0.2) is 84.7 Å². The zero-order valence-corrected chi connectivity index (χ0v) is 24.6. The van der Waals surface area contributed by atoms with Crippen LogP contribution in [0, 0.1) is 11.8 Å². The molecular formula is C31H38N6O4S. The molecule has 2 amide bonds. The highest BCUT2D eigenvalue weighted by molar-refractivity contribution is 7.89. The Kier molecular flexibility index (Phi) is 8.39. The summed E-state index contributed by atoms with van der Waals surface area (Å²) >= 11 is 0. The Bertz CT molecular complexity index is 1520. The number of nitrogens with zero attached hydrogens (tertiary/aromatic N) is 5. The predicted molar refractivity (Wildman–Crippen MR) is 160 cm³/mol. The monoisotopic (exact) mass is 590 g/mol. The zero-order valence-electron chi connectivity index (χ0n) is 23.8. The van der Waals surface area contributed by atoms with Crippen molar-refractivity contribution >= 4 is 38.6 Å². The second-order valence-corrected chi connectivity index (χ2v) is 13.4. The highest BCUT2D eigenvalue weighted by Crippen LogP contribution is 2.40. The summed E-state index contributed by atoms with van der Waals surface area (Å²) in [5.74, 6) is -0.267. The van der Waals surface area contributed by atoms with Crippen molar-refractivity contribution in [3.63, 3.8) is 0 Å².